The van der Waals surface area contributed by atoms with E-state index in [2.05, 4.69) is 17.6 Å². The van der Waals surface area contributed by atoms with Crippen LogP contribution in [0.2, 0.25) is 0 Å². The minimum atomic E-state index is -0.302. The minimum absolute atomic E-state index is 0.224. The Bertz CT molecular complexity index is 340. The van der Waals surface area contributed by atoms with Crippen LogP contribution in [0.15, 0.2) is 0 Å². The molecule has 0 fully saturated rings. The second kappa shape index (κ2) is 19.5. The van der Waals surface area contributed by atoms with E-state index in [0.717, 1.165) is 19.4 Å². The number of hydrogen-bond acceptors (Lipinski definition) is 3. The van der Waals surface area contributed by atoms with Crippen LogP contribution in [0.3, 0.4) is 0 Å². The number of rotatable bonds is 19. The van der Waals surface area contributed by atoms with Crippen LogP contribution >= 0.6 is 0 Å². The summed E-state index contributed by atoms with van der Waals surface area (Å²) < 4.78 is 5.18. The monoisotopic (exact) mass is 398 g/mol. The topological polar surface area (TPSA) is 50.4 Å². The van der Waals surface area contributed by atoms with Crippen LogP contribution in [0.5, 0.6) is 0 Å². The van der Waals surface area contributed by atoms with E-state index in [9.17, 15) is 4.79 Å². The summed E-state index contributed by atoms with van der Waals surface area (Å²) in [5, 5.41) is 6.38. The molecule has 0 aliphatic carbocycles. The number of ether oxygens (including phenoxy) is 1. The Morgan fingerprint density at radius 1 is 0.679 bits per heavy atom. The maximum atomic E-state index is 11.5. The van der Waals surface area contributed by atoms with Crippen LogP contribution in [0.25, 0.3) is 0 Å². The summed E-state index contributed by atoms with van der Waals surface area (Å²) in [6, 6.07) is 0. The van der Waals surface area contributed by atoms with Crippen molar-refractivity contribution in [3.8, 4) is 0 Å². The van der Waals surface area contributed by atoms with Gasteiger partial charge in [-0.15, -0.1) is 0 Å². The standard InChI is InChI=1S/C24H50N2O2/c1-5-6-7-8-9-10-11-12-14-17-20-25-21-18-15-13-16-19-22-28-23(27)26-24(2,3)4/h25H,5-22H2,1-4H3,(H,26,27). The third-order valence-electron chi connectivity index (χ3n) is 4.92. The molecule has 0 spiro atoms. The third kappa shape index (κ3) is 23.3. The normalized spacial score (nSPS) is 11.6. The van der Waals surface area contributed by atoms with Gasteiger partial charge in [0.2, 0.25) is 0 Å². The lowest BCUT2D eigenvalue weighted by Crippen LogP contribution is -2.41. The SMILES string of the molecule is CCCCCCCCCCCCNCCCCCCCOC(=O)NC(C)(C)C. The maximum Gasteiger partial charge on any atom is 0.407 e. The van der Waals surface area contributed by atoms with Crippen LogP contribution in [-0.2, 0) is 4.74 Å². The summed E-state index contributed by atoms with van der Waals surface area (Å²) in [5.41, 5.74) is -0.224. The highest BCUT2D eigenvalue weighted by Gasteiger charge is 2.13. The van der Waals surface area contributed by atoms with Crippen molar-refractivity contribution in [2.24, 2.45) is 0 Å². The van der Waals surface area contributed by atoms with Crippen molar-refractivity contribution < 1.29 is 9.53 Å². The second-order valence-corrected chi connectivity index (χ2v) is 9.21. The fourth-order valence-electron chi connectivity index (χ4n) is 3.25. The van der Waals surface area contributed by atoms with Crippen LogP contribution in [0, 0.1) is 0 Å². The molecule has 4 heteroatoms. The largest absolute Gasteiger partial charge is 0.450 e. The van der Waals surface area contributed by atoms with Crippen LogP contribution in [0.4, 0.5) is 4.79 Å². The highest BCUT2D eigenvalue weighted by atomic mass is 16.5. The maximum absolute atomic E-state index is 11.5. The van der Waals surface area contributed by atoms with Gasteiger partial charge >= 0.3 is 6.09 Å². The zero-order valence-corrected chi connectivity index (χ0v) is 19.5. The average molecular weight is 399 g/mol. The Morgan fingerprint density at radius 3 is 1.57 bits per heavy atom. The molecule has 0 atom stereocenters. The highest BCUT2D eigenvalue weighted by Crippen LogP contribution is 2.10. The lowest BCUT2D eigenvalue weighted by Gasteiger charge is -2.19. The zero-order chi connectivity index (χ0) is 20.9. The molecule has 0 aromatic rings. The van der Waals surface area contributed by atoms with Crippen molar-refractivity contribution in [3.63, 3.8) is 0 Å². The highest BCUT2D eigenvalue weighted by molar-refractivity contribution is 5.67. The molecule has 0 radical (unpaired) electrons. The van der Waals surface area contributed by atoms with E-state index in [4.69, 9.17) is 4.74 Å². The molecule has 1 amide bonds. The number of carbonyl (C=O) groups excluding carboxylic acids is 1. The van der Waals surface area contributed by atoms with Crippen LogP contribution < -0.4 is 10.6 Å². The Balaban J connectivity index is 3.11. The van der Waals surface area contributed by atoms with Gasteiger partial charge in [0.05, 0.1) is 6.61 Å². The molecule has 168 valence electrons. The number of hydrogen-bond donors (Lipinski definition) is 2. The van der Waals surface area contributed by atoms with E-state index < -0.39 is 0 Å². The van der Waals surface area contributed by atoms with Crippen molar-refractivity contribution in [1.82, 2.24) is 10.6 Å². The molecule has 2 N–H and O–H groups in total. The molecule has 0 heterocycles. The first kappa shape index (κ1) is 27.2. The Kier molecular flexibility index (Phi) is 19.0. The van der Waals surface area contributed by atoms with Crippen molar-refractivity contribution >= 4 is 6.09 Å². The molecule has 0 saturated heterocycles. The van der Waals surface area contributed by atoms with Gasteiger partial charge < -0.3 is 15.4 Å². The molecule has 0 aliphatic heterocycles. The Hall–Kier alpha value is -0.770. The molecule has 28 heavy (non-hydrogen) atoms. The van der Waals surface area contributed by atoms with Gasteiger partial charge in [-0.1, -0.05) is 84.0 Å². The smallest absolute Gasteiger partial charge is 0.407 e. The first-order valence-corrected chi connectivity index (χ1v) is 12.1. The van der Waals surface area contributed by atoms with Crippen molar-refractivity contribution in [2.75, 3.05) is 19.7 Å². The fourth-order valence-corrected chi connectivity index (χ4v) is 3.25. The van der Waals surface area contributed by atoms with Gasteiger partial charge in [0, 0.05) is 5.54 Å². The average Bonchev–Trinajstić information content (AvgIpc) is 2.62. The first-order chi connectivity index (χ1) is 13.5. The van der Waals surface area contributed by atoms with Crippen LogP contribution in [-0.4, -0.2) is 31.3 Å². The molecule has 0 bridgehead atoms. The van der Waals surface area contributed by atoms with E-state index in [-0.39, 0.29) is 11.6 Å². The van der Waals surface area contributed by atoms with E-state index in [1.54, 1.807) is 0 Å². The summed E-state index contributed by atoms with van der Waals surface area (Å²) in [6.45, 7) is 11.0. The van der Waals surface area contributed by atoms with Gasteiger partial charge in [-0.05, 0) is 53.1 Å². The molecular formula is C24H50N2O2. The van der Waals surface area contributed by atoms with E-state index in [1.807, 2.05) is 20.8 Å². The summed E-state index contributed by atoms with van der Waals surface area (Å²) in [5.74, 6) is 0. The Morgan fingerprint density at radius 2 is 1.11 bits per heavy atom. The number of nitrogens with one attached hydrogen (secondary N) is 2. The fraction of sp³-hybridized carbons (Fsp3) is 0.958. The molecule has 4 nitrogen and oxygen atoms in total. The number of amides is 1. The van der Waals surface area contributed by atoms with Gasteiger partial charge in [0.1, 0.15) is 0 Å². The predicted octanol–water partition coefficient (Wildman–Crippen LogP) is 6.97. The second-order valence-electron chi connectivity index (χ2n) is 9.21. The van der Waals surface area contributed by atoms with Crippen LogP contribution in [0.1, 0.15) is 124 Å². The number of carbonyl (C=O) groups is 1. The number of unbranched alkanes of at least 4 members (excludes halogenated alkanes) is 13. The lowest BCUT2D eigenvalue weighted by molar-refractivity contribution is 0.135. The third-order valence-corrected chi connectivity index (χ3v) is 4.92. The summed E-state index contributed by atoms with van der Waals surface area (Å²) in [4.78, 5) is 11.5. The zero-order valence-electron chi connectivity index (χ0n) is 19.5. The predicted molar refractivity (Wildman–Crippen MR) is 122 cm³/mol. The minimum Gasteiger partial charge on any atom is -0.450 e. The van der Waals surface area contributed by atoms with Gasteiger partial charge in [0.25, 0.3) is 0 Å². The van der Waals surface area contributed by atoms with Gasteiger partial charge in [0.15, 0.2) is 0 Å². The summed E-state index contributed by atoms with van der Waals surface area (Å²) in [6.07, 6.45) is 19.6. The summed E-state index contributed by atoms with van der Waals surface area (Å²) >= 11 is 0. The van der Waals surface area contributed by atoms with Crippen molar-refractivity contribution in [2.45, 2.75) is 130 Å². The molecule has 0 aromatic carbocycles. The summed E-state index contributed by atoms with van der Waals surface area (Å²) in [7, 11) is 0. The molecule has 0 rings (SSSR count). The van der Waals surface area contributed by atoms with E-state index in [0.29, 0.717) is 6.61 Å². The van der Waals surface area contributed by atoms with Gasteiger partial charge in [-0.3, -0.25) is 0 Å². The molecule has 0 unspecified atom stereocenters. The van der Waals surface area contributed by atoms with Crippen molar-refractivity contribution in [1.29, 1.82) is 0 Å². The van der Waals surface area contributed by atoms with Crippen molar-refractivity contribution in [3.05, 3.63) is 0 Å². The molecule has 0 aliphatic rings. The molecule has 0 aromatic heterocycles. The van der Waals surface area contributed by atoms with Gasteiger partial charge in [-0.2, -0.15) is 0 Å². The van der Waals surface area contributed by atoms with E-state index >= 15 is 0 Å². The van der Waals surface area contributed by atoms with E-state index in [1.165, 1.54) is 90.0 Å². The van der Waals surface area contributed by atoms with Gasteiger partial charge in [-0.25, -0.2) is 4.79 Å². The number of alkyl carbamates (subject to hydrolysis) is 1. The quantitative estimate of drug-likeness (QED) is 0.231. The Labute approximate surface area is 176 Å². The lowest BCUT2D eigenvalue weighted by atomic mass is 10.1. The first-order valence-electron chi connectivity index (χ1n) is 12.1. The molecular weight excluding hydrogens is 348 g/mol. The molecule has 0 saturated carbocycles.